The Bertz CT molecular complexity index is 431. The summed E-state index contributed by atoms with van der Waals surface area (Å²) in [6.45, 7) is -0.0700. The quantitative estimate of drug-likeness (QED) is 0.562. The van der Waals surface area contributed by atoms with Gasteiger partial charge in [0.05, 0.1) is 7.11 Å². The first-order valence-corrected chi connectivity index (χ1v) is 5.30. The molecular formula is C12H14N2O4. The summed E-state index contributed by atoms with van der Waals surface area (Å²) in [6.07, 6.45) is 0. The molecule has 0 saturated heterocycles. The molecule has 1 rings (SSSR count). The minimum Gasteiger partial charge on any atom is -0.468 e. The van der Waals surface area contributed by atoms with Crippen LogP contribution in [0.5, 0.6) is 0 Å². The van der Waals surface area contributed by atoms with E-state index in [1.54, 1.807) is 0 Å². The summed E-state index contributed by atoms with van der Waals surface area (Å²) in [4.78, 5) is 33.3. The van der Waals surface area contributed by atoms with E-state index in [2.05, 4.69) is 15.4 Å². The van der Waals surface area contributed by atoms with Crippen molar-refractivity contribution in [1.29, 1.82) is 0 Å². The molecule has 0 aliphatic heterocycles. The Morgan fingerprint density at radius 3 is 2.28 bits per heavy atom. The normalized spacial score (nSPS) is 9.39. The van der Waals surface area contributed by atoms with E-state index >= 15 is 0 Å². The Morgan fingerprint density at radius 2 is 1.67 bits per heavy atom. The summed E-state index contributed by atoms with van der Waals surface area (Å²) in [5, 5.41) is 4.58. The van der Waals surface area contributed by atoms with Crippen LogP contribution in [0, 0.1) is 0 Å². The highest BCUT2D eigenvalue weighted by Gasteiger charge is 2.13. The van der Waals surface area contributed by atoms with E-state index < -0.39 is 17.8 Å². The lowest BCUT2D eigenvalue weighted by Gasteiger charge is -2.05. The number of ether oxygens (including phenoxy) is 1. The topological polar surface area (TPSA) is 84.5 Å². The van der Waals surface area contributed by atoms with E-state index in [1.807, 2.05) is 30.3 Å². The number of carbonyl (C=O) groups excluding carboxylic acids is 3. The van der Waals surface area contributed by atoms with Crippen molar-refractivity contribution in [3.63, 3.8) is 0 Å². The Hall–Kier alpha value is -2.37. The molecule has 2 N–H and O–H groups in total. The van der Waals surface area contributed by atoms with Crippen LogP contribution in [0.4, 0.5) is 0 Å². The fraction of sp³-hybridized carbons (Fsp3) is 0.250. The van der Waals surface area contributed by atoms with Gasteiger partial charge >= 0.3 is 17.8 Å². The fourth-order valence-electron chi connectivity index (χ4n) is 1.16. The van der Waals surface area contributed by atoms with Crippen LogP contribution in [-0.2, 0) is 25.7 Å². The van der Waals surface area contributed by atoms with Crippen molar-refractivity contribution in [3.05, 3.63) is 35.9 Å². The Morgan fingerprint density at radius 1 is 1.06 bits per heavy atom. The number of esters is 1. The highest BCUT2D eigenvalue weighted by molar-refractivity contribution is 6.35. The van der Waals surface area contributed by atoms with E-state index in [0.717, 1.165) is 5.56 Å². The summed E-state index contributed by atoms with van der Waals surface area (Å²) in [7, 11) is 1.20. The summed E-state index contributed by atoms with van der Waals surface area (Å²) in [6, 6.07) is 9.17. The first-order valence-electron chi connectivity index (χ1n) is 5.30. The van der Waals surface area contributed by atoms with Crippen molar-refractivity contribution >= 4 is 17.8 Å². The minimum absolute atomic E-state index is 0.255. The molecule has 96 valence electrons. The highest BCUT2D eigenvalue weighted by Crippen LogP contribution is 1.96. The first kappa shape index (κ1) is 13.7. The van der Waals surface area contributed by atoms with Crippen LogP contribution in [0.1, 0.15) is 5.56 Å². The van der Waals surface area contributed by atoms with Gasteiger partial charge in [0.1, 0.15) is 6.54 Å². The zero-order valence-electron chi connectivity index (χ0n) is 9.93. The second-order valence-corrected chi connectivity index (χ2v) is 3.43. The van der Waals surface area contributed by atoms with E-state index in [4.69, 9.17) is 0 Å². The van der Waals surface area contributed by atoms with Crippen molar-refractivity contribution in [3.8, 4) is 0 Å². The predicted molar refractivity (Wildman–Crippen MR) is 63.3 cm³/mol. The van der Waals surface area contributed by atoms with Gasteiger partial charge in [-0.3, -0.25) is 14.4 Å². The molecule has 0 atom stereocenters. The van der Waals surface area contributed by atoms with Crippen LogP contribution < -0.4 is 10.6 Å². The second-order valence-electron chi connectivity index (χ2n) is 3.43. The van der Waals surface area contributed by atoms with E-state index in [0.29, 0.717) is 0 Å². The summed E-state index contributed by atoms with van der Waals surface area (Å²) in [5.74, 6) is -2.27. The molecule has 0 saturated carbocycles. The third kappa shape index (κ3) is 4.65. The van der Waals surface area contributed by atoms with Crippen molar-refractivity contribution in [1.82, 2.24) is 10.6 Å². The molecule has 6 nitrogen and oxygen atoms in total. The van der Waals surface area contributed by atoms with Gasteiger partial charge in [0, 0.05) is 6.54 Å². The van der Waals surface area contributed by atoms with Gasteiger partial charge in [0.25, 0.3) is 0 Å². The van der Waals surface area contributed by atoms with Gasteiger partial charge in [-0.25, -0.2) is 0 Å². The van der Waals surface area contributed by atoms with E-state index in [-0.39, 0.29) is 13.1 Å². The number of nitrogens with one attached hydrogen (secondary N) is 2. The molecule has 0 aliphatic rings. The van der Waals surface area contributed by atoms with Gasteiger partial charge in [-0.2, -0.15) is 0 Å². The average Bonchev–Trinajstić information content (AvgIpc) is 2.42. The van der Waals surface area contributed by atoms with E-state index in [9.17, 15) is 14.4 Å². The lowest BCUT2D eigenvalue weighted by atomic mass is 10.2. The smallest absolute Gasteiger partial charge is 0.325 e. The predicted octanol–water partition coefficient (Wildman–Crippen LogP) is -0.408. The molecule has 18 heavy (non-hydrogen) atoms. The summed E-state index contributed by atoms with van der Waals surface area (Å²) < 4.78 is 4.32. The van der Waals surface area contributed by atoms with Gasteiger partial charge in [-0.05, 0) is 5.56 Å². The summed E-state index contributed by atoms with van der Waals surface area (Å²) >= 11 is 0. The first-order chi connectivity index (χ1) is 8.63. The Balaban J connectivity index is 2.32. The number of hydrogen-bond acceptors (Lipinski definition) is 4. The third-order valence-corrected chi connectivity index (χ3v) is 2.12. The number of rotatable bonds is 4. The summed E-state index contributed by atoms with van der Waals surface area (Å²) in [5.41, 5.74) is 0.881. The molecule has 0 heterocycles. The van der Waals surface area contributed by atoms with Crippen LogP contribution >= 0.6 is 0 Å². The van der Waals surface area contributed by atoms with Gasteiger partial charge in [-0.15, -0.1) is 0 Å². The maximum atomic E-state index is 11.3. The molecule has 6 heteroatoms. The van der Waals surface area contributed by atoms with Crippen molar-refractivity contribution in [2.75, 3.05) is 13.7 Å². The molecule has 0 unspecified atom stereocenters. The number of benzene rings is 1. The maximum absolute atomic E-state index is 11.3. The Labute approximate surface area is 104 Å². The highest BCUT2D eigenvalue weighted by atomic mass is 16.5. The zero-order chi connectivity index (χ0) is 13.4. The largest absolute Gasteiger partial charge is 0.468 e. The van der Waals surface area contributed by atoms with Gasteiger partial charge < -0.3 is 15.4 Å². The van der Waals surface area contributed by atoms with Crippen molar-refractivity contribution < 1.29 is 19.1 Å². The molecule has 2 amide bonds. The molecule has 0 radical (unpaired) electrons. The monoisotopic (exact) mass is 250 g/mol. The lowest BCUT2D eigenvalue weighted by Crippen LogP contribution is -2.41. The molecule has 0 spiro atoms. The molecule has 1 aromatic rings. The van der Waals surface area contributed by atoms with Crippen LogP contribution in [0.15, 0.2) is 30.3 Å². The third-order valence-electron chi connectivity index (χ3n) is 2.12. The van der Waals surface area contributed by atoms with Crippen LogP contribution in [0.3, 0.4) is 0 Å². The van der Waals surface area contributed by atoms with Gasteiger partial charge in [0.2, 0.25) is 0 Å². The van der Waals surface area contributed by atoms with E-state index in [1.165, 1.54) is 7.11 Å². The van der Waals surface area contributed by atoms with Crippen LogP contribution in [0.25, 0.3) is 0 Å². The van der Waals surface area contributed by atoms with Crippen molar-refractivity contribution in [2.45, 2.75) is 6.54 Å². The van der Waals surface area contributed by atoms with Crippen LogP contribution in [0.2, 0.25) is 0 Å². The SMILES string of the molecule is COC(=O)CNC(=O)C(=O)NCc1ccccc1. The molecule has 0 bridgehead atoms. The molecule has 1 aromatic carbocycles. The van der Waals surface area contributed by atoms with Crippen LogP contribution in [-0.4, -0.2) is 31.4 Å². The number of amides is 2. The minimum atomic E-state index is -0.865. The molecule has 0 aliphatic carbocycles. The zero-order valence-corrected chi connectivity index (χ0v) is 9.93. The molecule has 0 fully saturated rings. The van der Waals surface area contributed by atoms with Gasteiger partial charge in [0.15, 0.2) is 0 Å². The number of carbonyl (C=O) groups is 3. The lowest BCUT2D eigenvalue weighted by molar-refractivity contribution is -0.143. The Kier molecular flexibility index (Phi) is 5.37. The fourth-order valence-corrected chi connectivity index (χ4v) is 1.16. The molecular weight excluding hydrogens is 236 g/mol. The van der Waals surface area contributed by atoms with Gasteiger partial charge in [-0.1, -0.05) is 30.3 Å². The maximum Gasteiger partial charge on any atom is 0.325 e. The number of hydrogen-bond donors (Lipinski definition) is 2. The average molecular weight is 250 g/mol. The second kappa shape index (κ2) is 7.05. The standard InChI is InChI=1S/C12H14N2O4/c1-18-10(15)8-14-12(17)11(16)13-7-9-5-3-2-4-6-9/h2-6H,7-8H2,1H3,(H,13,16)(H,14,17). The number of methoxy groups -OCH3 is 1. The molecule has 0 aromatic heterocycles. The van der Waals surface area contributed by atoms with Crippen molar-refractivity contribution in [2.24, 2.45) is 0 Å².